The third-order valence-corrected chi connectivity index (χ3v) is 3.62. The van der Waals surface area contributed by atoms with Gasteiger partial charge in [0.05, 0.1) is 48.1 Å². The van der Waals surface area contributed by atoms with Gasteiger partial charge in [-0.3, -0.25) is 0 Å². The van der Waals surface area contributed by atoms with Crippen LogP contribution in [0.2, 0.25) is 0 Å². The van der Waals surface area contributed by atoms with Gasteiger partial charge in [0.15, 0.2) is 0 Å². The molecule has 1 aromatic rings. The molecule has 0 radical (unpaired) electrons. The van der Waals surface area contributed by atoms with Crippen LogP contribution in [-0.4, -0.2) is 62.2 Å². The predicted molar refractivity (Wildman–Crippen MR) is 106 cm³/mol. The summed E-state index contributed by atoms with van der Waals surface area (Å²) in [4.78, 5) is 7.57. The Morgan fingerprint density at radius 3 is 1.54 bits per heavy atom. The van der Waals surface area contributed by atoms with Gasteiger partial charge in [-0.1, -0.05) is 0 Å². The fraction of sp³-hybridized carbons (Fsp3) is 0.556. The number of hydrogen-bond donors (Lipinski definition) is 0. The van der Waals surface area contributed by atoms with Crippen LogP contribution in [0.3, 0.4) is 0 Å². The van der Waals surface area contributed by atoms with Gasteiger partial charge in [0.25, 0.3) is 0 Å². The second-order valence-corrected chi connectivity index (χ2v) is 6.06. The standard InChI is InChI=1S/C10H18O4.C8H4N2S2/c1(3-11-5-9-7-13-9)2-4-12-6-10-8-14-10;11-5-9-7-1-2-8(4-3-7)10-6-12/h9-10H,1-8H2;1-4H. The fourth-order valence-corrected chi connectivity index (χ4v) is 2.08. The van der Waals surface area contributed by atoms with Gasteiger partial charge >= 0.3 is 0 Å². The quantitative estimate of drug-likeness (QED) is 0.246. The van der Waals surface area contributed by atoms with E-state index in [-0.39, 0.29) is 0 Å². The fourth-order valence-electron chi connectivity index (χ4n) is 1.87. The van der Waals surface area contributed by atoms with E-state index in [1.807, 2.05) is 0 Å². The van der Waals surface area contributed by atoms with E-state index < -0.39 is 0 Å². The van der Waals surface area contributed by atoms with Crippen LogP contribution in [0.4, 0.5) is 11.4 Å². The lowest BCUT2D eigenvalue weighted by Crippen LogP contribution is -2.05. The van der Waals surface area contributed by atoms with E-state index >= 15 is 0 Å². The Morgan fingerprint density at radius 2 is 1.23 bits per heavy atom. The summed E-state index contributed by atoms with van der Waals surface area (Å²) in [6, 6.07) is 7.13. The highest BCUT2D eigenvalue weighted by Gasteiger charge is 2.22. The minimum atomic E-state index is 0.387. The van der Waals surface area contributed by atoms with Crippen LogP contribution >= 0.6 is 24.4 Å². The molecule has 26 heavy (non-hydrogen) atoms. The molecule has 2 aliphatic heterocycles. The van der Waals surface area contributed by atoms with Gasteiger partial charge in [0.2, 0.25) is 0 Å². The minimum Gasteiger partial charge on any atom is -0.379 e. The molecule has 0 spiro atoms. The molecule has 140 valence electrons. The van der Waals surface area contributed by atoms with Crippen molar-refractivity contribution in [2.45, 2.75) is 25.0 Å². The van der Waals surface area contributed by atoms with Gasteiger partial charge in [-0.2, -0.15) is 9.98 Å². The molecule has 2 fully saturated rings. The topological polar surface area (TPSA) is 68.2 Å². The number of benzene rings is 1. The second-order valence-electron chi connectivity index (χ2n) is 5.69. The Balaban J connectivity index is 0.000000190. The van der Waals surface area contributed by atoms with E-state index in [0.29, 0.717) is 12.2 Å². The van der Waals surface area contributed by atoms with Crippen molar-refractivity contribution in [3.8, 4) is 0 Å². The van der Waals surface area contributed by atoms with E-state index in [4.69, 9.17) is 18.9 Å². The van der Waals surface area contributed by atoms with E-state index in [9.17, 15) is 0 Å². The number of nitrogens with zero attached hydrogens (tertiary/aromatic N) is 2. The van der Waals surface area contributed by atoms with Crippen molar-refractivity contribution in [3.05, 3.63) is 24.3 Å². The average molecular weight is 395 g/mol. The van der Waals surface area contributed by atoms with Crippen molar-refractivity contribution in [1.82, 2.24) is 0 Å². The molecule has 2 unspecified atom stereocenters. The van der Waals surface area contributed by atoms with Crippen molar-refractivity contribution in [2.24, 2.45) is 9.98 Å². The van der Waals surface area contributed by atoms with Crippen molar-refractivity contribution >= 4 is 46.1 Å². The zero-order chi connectivity index (χ0) is 18.5. The third kappa shape index (κ3) is 10.6. The van der Waals surface area contributed by atoms with Crippen LogP contribution in [0.5, 0.6) is 0 Å². The Morgan fingerprint density at radius 1 is 0.846 bits per heavy atom. The maximum Gasteiger partial charge on any atom is 0.104 e. The summed E-state index contributed by atoms with van der Waals surface area (Å²) in [6.07, 6.45) is 2.91. The number of hydrogen-bond acceptors (Lipinski definition) is 8. The molecule has 0 aromatic heterocycles. The van der Waals surface area contributed by atoms with Crippen LogP contribution in [0.15, 0.2) is 34.3 Å². The number of unbranched alkanes of at least 4 members (excludes halogenated alkanes) is 1. The molecule has 2 atom stereocenters. The van der Waals surface area contributed by atoms with E-state index in [0.717, 1.165) is 63.9 Å². The third-order valence-electron chi connectivity index (χ3n) is 3.44. The molecule has 6 nitrogen and oxygen atoms in total. The molecule has 1 aromatic carbocycles. The van der Waals surface area contributed by atoms with Crippen molar-refractivity contribution in [3.63, 3.8) is 0 Å². The van der Waals surface area contributed by atoms with Gasteiger partial charge in [0.1, 0.15) is 12.2 Å². The van der Waals surface area contributed by atoms with Gasteiger partial charge in [0, 0.05) is 13.2 Å². The average Bonchev–Trinajstić information content (AvgIpc) is 3.55. The normalized spacial score (nSPS) is 19.4. The first-order valence-electron chi connectivity index (χ1n) is 8.46. The number of rotatable bonds is 11. The van der Waals surface area contributed by atoms with Crippen LogP contribution in [0.25, 0.3) is 0 Å². The summed E-state index contributed by atoms with van der Waals surface area (Å²) in [7, 11) is 0. The Labute approximate surface area is 164 Å². The minimum absolute atomic E-state index is 0.387. The Kier molecular flexibility index (Phi) is 10.4. The maximum absolute atomic E-state index is 5.39. The first kappa shape index (κ1) is 21.0. The zero-order valence-corrected chi connectivity index (χ0v) is 16.1. The van der Waals surface area contributed by atoms with Gasteiger partial charge in [-0.15, -0.1) is 0 Å². The molecule has 0 bridgehead atoms. The Bertz CT molecular complexity index is 566. The molecule has 2 saturated heterocycles. The molecule has 0 aliphatic carbocycles. The molecule has 8 heteroatoms. The summed E-state index contributed by atoms with van der Waals surface area (Å²) in [5.74, 6) is 0. The number of ether oxygens (including phenoxy) is 4. The number of aliphatic imine (C=N–C) groups is 2. The highest BCUT2D eigenvalue weighted by molar-refractivity contribution is 7.78. The molecular formula is C18H22N2O4S2. The highest BCUT2D eigenvalue weighted by atomic mass is 32.1. The number of epoxide rings is 2. The summed E-state index contributed by atoms with van der Waals surface area (Å²) in [6.45, 7) is 4.93. The van der Waals surface area contributed by atoms with E-state index in [1.54, 1.807) is 24.3 Å². The van der Waals surface area contributed by atoms with Crippen LogP contribution in [0.1, 0.15) is 12.8 Å². The molecule has 0 amide bonds. The summed E-state index contributed by atoms with van der Waals surface area (Å²) in [5.41, 5.74) is 1.52. The second kappa shape index (κ2) is 12.9. The largest absolute Gasteiger partial charge is 0.379 e. The molecule has 0 saturated carbocycles. The predicted octanol–water partition coefficient (Wildman–Crippen LogP) is 3.75. The lowest BCUT2D eigenvalue weighted by atomic mass is 10.3. The van der Waals surface area contributed by atoms with Crippen LogP contribution in [0, 0.1) is 0 Å². The number of isothiocyanates is 2. The molecule has 0 N–H and O–H groups in total. The molecular weight excluding hydrogens is 372 g/mol. The van der Waals surface area contributed by atoms with Crippen molar-refractivity contribution in [2.75, 3.05) is 39.6 Å². The Hall–Kier alpha value is -1.34. The van der Waals surface area contributed by atoms with E-state index in [2.05, 4.69) is 44.7 Å². The molecule has 2 heterocycles. The first-order valence-corrected chi connectivity index (χ1v) is 9.28. The molecule has 3 rings (SSSR count). The SMILES string of the molecule is C(CCOCC1CO1)COCC1CO1.S=C=Nc1ccc(N=C=S)cc1. The monoisotopic (exact) mass is 394 g/mol. The maximum atomic E-state index is 5.39. The summed E-state index contributed by atoms with van der Waals surface area (Å²) < 4.78 is 20.8. The van der Waals surface area contributed by atoms with Crippen molar-refractivity contribution < 1.29 is 18.9 Å². The van der Waals surface area contributed by atoms with Crippen LogP contribution in [-0.2, 0) is 18.9 Å². The zero-order valence-electron chi connectivity index (χ0n) is 14.5. The van der Waals surface area contributed by atoms with Gasteiger partial charge < -0.3 is 18.9 Å². The smallest absolute Gasteiger partial charge is 0.104 e. The highest BCUT2D eigenvalue weighted by Crippen LogP contribution is 2.17. The van der Waals surface area contributed by atoms with Gasteiger partial charge in [-0.25, -0.2) is 0 Å². The van der Waals surface area contributed by atoms with Crippen LogP contribution < -0.4 is 0 Å². The van der Waals surface area contributed by atoms with Gasteiger partial charge in [-0.05, 0) is 61.5 Å². The summed E-state index contributed by atoms with van der Waals surface area (Å²) in [5, 5.41) is 4.55. The molecule has 2 aliphatic rings. The lowest BCUT2D eigenvalue weighted by molar-refractivity contribution is 0.0885. The van der Waals surface area contributed by atoms with E-state index in [1.165, 1.54) is 0 Å². The lowest BCUT2D eigenvalue weighted by Gasteiger charge is -2.03. The van der Waals surface area contributed by atoms with Crippen molar-refractivity contribution in [1.29, 1.82) is 0 Å². The first-order chi connectivity index (χ1) is 12.8. The number of thiocarbonyl (C=S) groups is 2. The summed E-state index contributed by atoms with van der Waals surface area (Å²) >= 11 is 8.90.